The highest BCUT2D eigenvalue weighted by molar-refractivity contribution is 5.63. The molecule has 0 saturated heterocycles. The van der Waals surface area contributed by atoms with Crippen molar-refractivity contribution < 1.29 is 0 Å². The van der Waals surface area contributed by atoms with Crippen LogP contribution in [0.3, 0.4) is 0 Å². The van der Waals surface area contributed by atoms with Crippen molar-refractivity contribution in [3.8, 4) is 17.3 Å². The molecule has 0 aliphatic carbocycles. The number of nitrogens with zero attached hydrogens (tertiary/aromatic N) is 6. The Balaban J connectivity index is 1.58. The summed E-state index contributed by atoms with van der Waals surface area (Å²) in [5.74, 6) is 0.476. The summed E-state index contributed by atoms with van der Waals surface area (Å²) in [6.07, 6.45) is 4.92. The first-order chi connectivity index (χ1) is 13.3. The van der Waals surface area contributed by atoms with Crippen LogP contribution in [0.1, 0.15) is 11.1 Å². The molecule has 2 aromatic heterocycles. The van der Waals surface area contributed by atoms with E-state index in [0.29, 0.717) is 18.1 Å². The Kier molecular flexibility index (Phi) is 4.53. The fourth-order valence-corrected chi connectivity index (χ4v) is 2.71. The van der Waals surface area contributed by atoms with Crippen LogP contribution in [0.2, 0.25) is 0 Å². The molecule has 27 heavy (non-hydrogen) atoms. The van der Waals surface area contributed by atoms with Crippen molar-refractivity contribution in [3.63, 3.8) is 0 Å². The number of hydrogen-bond donors (Lipinski definition) is 1. The Morgan fingerprint density at radius 2 is 2.00 bits per heavy atom. The van der Waals surface area contributed by atoms with E-state index in [2.05, 4.69) is 37.5 Å². The molecule has 0 saturated carbocycles. The molecule has 4 rings (SSSR count). The van der Waals surface area contributed by atoms with Gasteiger partial charge in [0.15, 0.2) is 0 Å². The van der Waals surface area contributed by atoms with Gasteiger partial charge >= 0.3 is 0 Å². The Morgan fingerprint density at radius 3 is 2.85 bits per heavy atom. The van der Waals surface area contributed by atoms with E-state index in [0.717, 1.165) is 22.5 Å². The molecule has 7 heteroatoms. The van der Waals surface area contributed by atoms with E-state index in [-0.39, 0.29) is 0 Å². The smallest absolute Gasteiger partial charge is 0.227 e. The molecule has 0 unspecified atom stereocenters. The van der Waals surface area contributed by atoms with Crippen molar-refractivity contribution in [3.05, 3.63) is 84.6 Å². The number of benzene rings is 2. The highest BCUT2D eigenvalue weighted by atomic mass is 15.3. The van der Waals surface area contributed by atoms with Gasteiger partial charge in [0.1, 0.15) is 12.7 Å². The van der Waals surface area contributed by atoms with Crippen LogP contribution in [-0.4, -0.2) is 24.7 Å². The molecule has 2 heterocycles. The lowest BCUT2D eigenvalue weighted by Gasteiger charge is -2.08. The van der Waals surface area contributed by atoms with E-state index in [1.165, 1.54) is 6.33 Å². The summed E-state index contributed by atoms with van der Waals surface area (Å²) in [6.45, 7) is 0.644. The summed E-state index contributed by atoms with van der Waals surface area (Å²) in [7, 11) is 0. The van der Waals surface area contributed by atoms with Gasteiger partial charge in [0.2, 0.25) is 5.95 Å². The fraction of sp³-hybridized carbons (Fsp3) is 0.0500. The summed E-state index contributed by atoms with van der Waals surface area (Å²) in [4.78, 5) is 12.8. The Bertz CT molecular complexity index is 1100. The number of anilines is 2. The number of nitriles is 1. The molecule has 0 bridgehead atoms. The van der Waals surface area contributed by atoms with Crippen molar-refractivity contribution in [1.82, 2.24) is 24.7 Å². The zero-order chi connectivity index (χ0) is 18.5. The highest BCUT2D eigenvalue weighted by Gasteiger charge is 2.05. The third-order valence-corrected chi connectivity index (χ3v) is 3.94. The molecule has 2 aromatic carbocycles. The molecular formula is C20H15N7. The van der Waals surface area contributed by atoms with Gasteiger partial charge in [0, 0.05) is 17.4 Å². The van der Waals surface area contributed by atoms with Gasteiger partial charge in [-0.15, -0.1) is 0 Å². The average molecular weight is 353 g/mol. The van der Waals surface area contributed by atoms with Crippen LogP contribution in [0.15, 0.2) is 73.4 Å². The second-order valence-corrected chi connectivity index (χ2v) is 5.88. The predicted octanol–water partition coefficient (Wildman–Crippen LogP) is 3.40. The lowest BCUT2D eigenvalue weighted by Crippen LogP contribution is -2.01. The first-order valence-electron chi connectivity index (χ1n) is 8.32. The van der Waals surface area contributed by atoms with Crippen molar-refractivity contribution in [2.75, 3.05) is 5.32 Å². The normalized spacial score (nSPS) is 10.3. The number of hydrogen-bond acceptors (Lipinski definition) is 6. The molecular weight excluding hydrogens is 338 g/mol. The van der Waals surface area contributed by atoms with Crippen LogP contribution in [-0.2, 0) is 6.54 Å². The molecule has 1 N–H and O–H groups in total. The fourth-order valence-electron chi connectivity index (χ4n) is 2.71. The highest BCUT2D eigenvalue weighted by Crippen LogP contribution is 2.21. The van der Waals surface area contributed by atoms with E-state index in [1.807, 2.05) is 36.4 Å². The SMILES string of the molecule is N#Cc1cccc(Nc2nccc(-c3cccc(Cn4cncn4)c3)n2)c1. The van der Waals surface area contributed by atoms with Gasteiger partial charge in [-0.25, -0.2) is 19.6 Å². The van der Waals surface area contributed by atoms with Crippen molar-refractivity contribution in [2.24, 2.45) is 0 Å². The van der Waals surface area contributed by atoms with Gasteiger partial charge < -0.3 is 5.32 Å². The van der Waals surface area contributed by atoms with Crippen molar-refractivity contribution >= 4 is 11.6 Å². The molecule has 0 radical (unpaired) electrons. The van der Waals surface area contributed by atoms with E-state index < -0.39 is 0 Å². The topological polar surface area (TPSA) is 92.3 Å². The maximum Gasteiger partial charge on any atom is 0.227 e. The molecule has 4 aromatic rings. The average Bonchev–Trinajstić information content (AvgIpc) is 3.22. The second-order valence-electron chi connectivity index (χ2n) is 5.88. The van der Waals surface area contributed by atoms with Gasteiger partial charge in [0.05, 0.1) is 23.9 Å². The summed E-state index contributed by atoms with van der Waals surface area (Å²) < 4.78 is 1.77. The van der Waals surface area contributed by atoms with Crippen LogP contribution in [0.25, 0.3) is 11.3 Å². The maximum absolute atomic E-state index is 9.02. The van der Waals surface area contributed by atoms with Gasteiger partial charge in [-0.3, -0.25) is 0 Å². The van der Waals surface area contributed by atoms with Crippen LogP contribution >= 0.6 is 0 Å². The lowest BCUT2D eigenvalue weighted by molar-refractivity contribution is 0.685. The van der Waals surface area contributed by atoms with Crippen LogP contribution < -0.4 is 5.32 Å². The number of rotatable bonds is 5. The third-order valence-electron chi connectivity index (χ3n) is 3.94. The number of aromatic nitrogens is 5. The van der Waals surface area contributed by atoms with E-state index in [4.69, 9.17) is 5.26 Å². The summed E-state index contributed by atoms with van der Waals surface area (Å²) in [5.41, 5.74) is 4.25. The van der Waals surface area contributed by atoms with E-state index >= 15 is 0 Å². The Labute approximate surface area is 156 Å². The van der Waals surface area contributed by atoms with Crippen molar-refractivity contribution in [1.29, 1.82) is 5.26 Å². The minimum atomic E-state index is 0.476. The first kappa shape index (κ1) is 16.4. The third kappa shape index (κ3) is 3.96. The van der Waals surface area contributed by atoms with Crippen molar-refractivity contribution in [2.45, 2.75) is 6.54 Å². The van der Waals surface area contributed by atoms with E-state index in [1.54, 1.807) is 29.3 Å². The zero-order valence-corrected chi connectivity index (χ0v) is 14.3. The lowest BCUT2D eigenvalue weighted by atomic mass is 10.1. The van der Waals surface area contributed by atoms with Crippen LogP contribution in [0.4, 0.5) is 11.6 Å². The largest absolute Gasteiger partial charge is 0.324 e. The Hall–Kier alpha value is -4.05. The second kappa shape index (κ2) is 7.45. The molecule has 7 nitrogen and oxygen atoms in total. The molecule has 0 amide bonds. The van der Waals surface area contributed by atoms with Crippen LogP contribution in [0.5, 0.6) is 0 Å². The van der Waals surface area contributed by atoms with Gasteiger partial charge in [-0.05, 0) is 35.9 Å². The summed E-state index contributed by atoms with van der Waals surface area (Å²) in [5, 5.41) is 16.3. The molecule has 130 valence electrons. The monoisotopic (exact) mass is 353 g/mol. The Morgan fingerprint density at radius 1 is 1.07 bits per heavy atom. The van der Waals surface area contributed by atoms with Gasteiger partial charge in [-0.2, -0.15) is 10.4 Å². The quantitative estimate of drug-likeness (QED) is 0.591. The molecule has 0 atom stereocenters. The van der Waals surface area contributed by atoms with E-state index in [9.17, 15) is 0 Å². The van der Waals surface area contributed by atoms with Gasteiger partial charge in [0.25, 0.3) is 0 Å². The molecule has 0 aliphatic heterocycles. The van der Waals surface area contributed by atoms with Crippen LogP contribution in [0, 0.1) is 11.3 Å². The molecule has 0 fully saturated rings. The summed E-state index contributed by atoms with van der Waals surface area (Å²) in [6, 6.07) is 19.3. The first-order valence-corrected chi connectivity index (χ1v) is 8.32. The minimum absolute atomic E-state index is 0.476. The maximum atomic E-state index is 9.02. The predicted molar refractivity (Wildman–Crippen MR) is 101 cm³/mol. The summed E-state index contributed by atoms with van der Waals surface area (Å²) >= 11 is 0. The molecule has 0 spiro atoms. The standard InChI is InChI=1S/C20H15N7/c21-11-15-3-2-6-18(10-15)25-20-23-8-7-19(26-20)17-5-1-4-16(9-17)12-27-14-22-13-24-27/h1-10,13-14H,12H2,(H,23,25,26). The number of nitrogens with one attached hydrogen (secondary N) is 1. The minimum Gasteiger partial charge on any atom is -0.324 e. The van der Waals surface area contributed by atoms with Gasteiger partial charge in [-0.1, -0.05) is 24.3 Å². The zero-order valence-electron chi connectivity index (χ0n) is 14.3. The molecule has 0 aliphatic rings.